The van der Waals surface area contributed by atoms with Crippen LogP contribution in [0.2, 0.25) is 0 Å². The fourth-order valence-corrected chi connectivity index (χ4v) is 2.45. The number of nitro benzene ring substituents is 2. The number of nitro groups is 2. The fourth-order valence-electron chi connectivity index (χ4n) is 2.45. The number of alkyl halides is 3. The molecule has 8 nitrogen and oxygen atoms in total. The van der Waals surface area contributed by atoms with E-state index in [2.05, 4.69) is 0 Å². The van der Waals surface area contributed by atoms with Crippen molar-refractivity contribution in [3.8, 4) is 23.0 Å². The number of hydrogen-bond acceptors (Lipinski definition) is 6. The molecule has 0 amide bonds. The van der Waals surface area contributed by atoms with E-state index in [0.29, 0.717) is 12.1 Å². The third kappa shape index (κ3) is 5.01. The van der Waals surface area contributed by atoms with Gasteiger partial charge in [-0.05, 0) is 24.3 Å². The van der Waals surface area contributed by atoms with E-state index in [-0.39, 0.29) is 34.4 Å². The second-order valence-corrected chi connectivity index (χ2v) is 5.90. The summed E-state index contributed by atoms with van der Waals surface area (Å²) >= 11 is 0. The third-order valence-corrected chi connectivity index (χ3v) is 3.74. The van der Waals surface area contributed by atoms with Crippen molar-refractivity contribution in [1.82, 2.24) is 0 Å². The smallest absolute Gasteiger partial charge is 0.416 e. The van der Waals surface area contributed by atoms with E-state index in [1.165, 1.54) is 36.4 Å². The average Bonchev–Trinajstić information content (AvgIpc) is 2.67. The molecule has 3 aromatic rings. The molecule has 0 saturated heterocycles. The molecule has 0 aliphatic carbocycles. The van der Waals surface area contributed by atoms with Crippen LogP contribution in [0.3, 0.4) is 0 Å². The lowest BCUT2D eigenvalue weighted by atomic mass is 10.2. The normalized spacial score (nSPS) is 11.0. The zero-order chi connectivity index (χ0) is 21.9. The van der Waals surface area contributed by atoms with Crippen molar-refractivity contribution in [2.24, 2.45) is 0 Å². The van der Waals surface area contributed by atoms with Gasteiger partial charge in [0.25, 0.3) is 11.4 Å². The van der Waals surface area contributed by atoms with Crippen molar-refractivity contribution in [2.45, 2.75) is 6.18 Å². The molecule has 0 radical (unpaired) electrons. The standard InChI is InChI=1S/C19H11F3N2O6/c20-19(21,22)12-7-17(29-15-5-1-3-13(9-15)23(25)26)11-18(8-12)30-16-6-2-4-14(10-16)24(27)28/h1-11H. The van der Waals surface area contributed by atoms with Crippen LogP contribution >= 0.6 is 0 Å². The molecule has 0 atom stereocenters. The molecular weight excluding hydrogens is 409 g/mol. The number of ether oxygens (including phenoxy) is 2. The van der Waals surface area contributed by atoms with Gasteiger partial charge in [0.2, 0.25) is 0 Å². The molecule has 0 aliphatic rings. The van der Waals surface area contributed by atoms with Gasteiger partial charge in [-0.3, -0.25) is 20.2 Å². The van der Waals surface area contributed by atoms with Gasteiger partial charge in [0.1, 0.15) is 23.0 Å². The minimum Gasteiger partial charge on any atom is -0.457 e. The Hall–Kier alpha value is -4.15. The minimum absolute atomic E-state index is 0.0511. The highest BCUT2D eigenvalue weighted by molar-refractivity contribution is 5.47. The summed E-state index contributed by atoms with van der Waals surface area (Å²) in [5, 5.41) is 21.7. The highest BCUT2D eigenvalue weighted by Crippen LogP contribution is 2.38. The molecule has 0 heterocycles. The molecule has 0 aromatic heterocycles. The third-order valence-electron chi connectivity index (χ3n) is 3.74. The molecule has 0 saturated carbocycles. The van der Waals surface area contributed by atoms with Gasteiger partial charge in [0.15, 0.2) is 0 Å². The van der Waals surface area contributed by atoms with Gasteiger partial charge in [0.05, 0.1) is 27.5 Å². The quantitative estimate of drug-likeness (QED) is 0.352. The number of benzene rings is 3. The predicted octanol–water partition coefficient (Wildman–Crippen LogP) is 6.11. The van der Waals surface area contributed by atoms with Crippen LogP contribution in [0.4, 0.5) is 24.5 Å². The van der Waals surface area contributed by atoms with Gasteiger partial charge in [-0.25, -0.2) is 0 Å². The van der Waals surface area contributed by atoms with Gasteiger partial charge in [-0.15, -0.1) is 0 Å². The topological polar surface area (TPSA) is 105 Å². The maximum atomic E-state index is 13.3. The molecule has 11 heteroatoms. The van der Waals surface area contributed by atoms with Crippen LogP contribution in [0.15, 0.2) is 66.7 Å². The monoisotopic (exact) mass is 420 g/mol. The highest BCUT2D eigenvalue weighted by atomic mass is 19.4. The molecule has 0 aliphatic heterocycles. The summed E-state index contributed by atoms with van der Waals surface area (Å²) in [5.41, 5.74) is -1.69. The summed E-state index contributed by atoms with van der Waals surface area (Å²) in [7, 11) is 0. The van der Waals surface area contributed by atoms with E-state index in [4.69, 9.17) is 9.47 Å². The molecule has 3 rings (SSSR count). The summed E-state index contributed by atoms with van der Waals surface area (Å²) < 4.78 is 50.5. The summed E-state index contributed by atoms with van der Waals surface area (Å²) in [6.45, 7) is 0. The van der Waals surface area contributed by atoms with Crippen molar-refractivity contribution in [2.75, 3.05) is 0 Å². The molecule has 154 valence electrons. The first-order valence-electron chi connectivity index (χ1n) is 8.19. The number of non-ortho nitro benzene ring substituents is 2. The zero-order valence-electron chi connectivity index (χ0n) is 14.8. The number of rotatable bonds is 6. The van der Waals surface area contributed by atoms with Crippen LogP contribution in [0.5, 0.6) is 23.0 Å². The van der Waals surface area contributed by atoms with Gasteiger partial charge in [-0.2, -0.15) is 13.2 Å². The van der Waals surface area contributed by atoms with Gasteiger partial charge in [-0.1, -0.05) is 12.1 Å². The summed E-state index contributed by atoms with van der Waals surface area (Å²) in [4.78, 5) is 20.4. The van der Waals surface area contributed by atoms with Gasteiger partial charge < -0.3 is 9.47 Å². The van der Waals surface area contributed by atoms with E-state index in [0.717, 1.165) is 18.2 Å². The number of halogens is 3. The lowest BCUT2D eigenvalue weighted by Crippen LogP contribution is -2.05. The Labute approximate surface area is 166 Å². The Kier molecular flexibility index (Phi) is 5.54. The van der Waals surface area contributed by atoms with Gasteiger partial charge in [0, 0.05) is 18.2 Å². The number of hydrogen-bond donors (Lipinski definition) is 0. The van der Waals surface area contributed by atoms with Crippen LogP contribution in [0.25, 0.3) is 0 Å². The molecule has 0 spiro atoms. The second-order valence-electron chi connectivity index (χ2n) is 5.90. The van der Waals surface area contributed by atoms with Crippen molar-refractivity contribution < 1.29 is 32.5 Å². The Balaban J connectivity index is 1.96. The van der Waals surface area contributed by atoms with E-state index in [1.807, 2.05) is 0 Å². The Morgan fingerprint density at radius 1 is 0.667 bits per heavy atom. The molecular formula is C19H11F3N2O6. The summed E-state index contributed by atoms with van der Waals surface area (Å²) in [6.07, 6.45) is -4.73. The first-order valence-corrected chi connectivity index (χ1v) is 8.19. The lowest BCUT2D eigenvalue weighted by molar-refractivity contribution is -0.385. The van der Waals surface area contributed by atoms with Crippen molar-refractivity contribution in [3.05, 3.63) is 92.5 Å². The molecule has 0 unspecified atom stereocenters. The Morgan fingerprint density at radius 3 is 1.47 bits per heavy atom. The van der Waals surface area contributed by atoms with Crippen molar-refractivity contribution >= 4 is 11.4 Å². The Bertz CT molecular complexity index is 1040. The summed E-state index contributed by atoms with van der Waals surface area (Å²) in [5.74, 6) is -0.675. The lowest BCUT2D eigenvalue weighted by Gasteiger charge is -2.13. The Morgan fingerprint density at radius 2 is 1.10 bits per heavy atom. The van der Waals surface area contributed by atoms with Crippen LogP contribution in [-0.2, 0) is 6.18 Å². The number of nitrogens with zero attached hydrogens (tertiary/aromatic N) is 2. The maximum Gasteiger partial charge on any atom is 0.416 e. The van der Waals surface area contributed by atoms with Gasteiger partial charge >= 0.3 is 6.18 Å². The second kappa shape index (κ2) is 8.07. The van der Waals surface area contributed by atoms with Crippen LogP contribution in [-0.4, -0.2) is 9.85 Å². The van der Waals surface area contributed by atoms with E-state index in [9.17, 15) is 33.4 Å². The SMILES string of the molecule is O=[N+]([O-])c1cccc(Oc2cc(Oc3cccc([N+](=O)[O-])c3)cc(C(F)(F)F)c2)c1. The molecule has 0 fully saturated rings. The van der Waals surface area contributed by atoms with E-state index < -0.39 is 21.6 Å². The maximum absolute atomic E-state index is 13.3. The molecule has 0 N–H and O–H groups in total. The molecule has 0 bridgehead atoms. The van der Waals surface area contributed by atoms with Crippen LogP contribution in [0.1, 0.15) is 5.56 Å². The summed E-state index contributed by atoms with van der Waals surface area (Å²) in [6, 6.07) is 12.4. The largest absolute Gasteiger partial charge is 0.457 e. The highest BCUT2D eigenvalue weighted by Gasteiger charge is 2.32. The predicted molar refractivity (Wildman–Crippen MR) is 97.8 cm³/mol. The van der Waals surface area contributed by atoms with Crippen molar-refractivity contribution in [1.29, 1.82) is 0 Å². The van der Waals surface area contributed by atoms with Crippen LogP contribution in [0, 0.1) is 20.2 Å². The van der Waals surface area contributed by atoms with Crippen molar-refractivity contribution in [3.63, 3.8) is 0 Å². The first-order chi connectivity index (χ1) is 14.1. The van der Waals surface area contributed by atoms with E-state index in [1.54, 1.807) is 0 Å². The average molecular weight is 420 g/mol. The fraction of sp³-hybridized carbons (Fsp3) is 0.0526. The van der Waals surface area contributed by atoms with Crippen LogP contribution < -0.4 is 9.47 Å². The minimum atomic E-state index is -4.73. The zero-order valence-corrected chi connectivity index (χ0v) is 14.8. The first kappa shape index (κ1) is 20.6. The molecule has 3 aromatic carbocycles. The molecule has 30 heavy (non-hydrogen) atoms. The van der Waals surface area contributed by atoms with E-state index >= 15 is 0 Å².